The van der Waals surface area contributed by atoms with Crippen molar-refractivity contribution in [2.24, 2.45) is 0 Å². The lowest BCUT2D eigenvalue weighted by molar-refractivity contribution is 0.0572. The van der Waals surface area contributed by atoms with Crippen molar-refractivity contribution in [3.05, 3.63) is 22.7 Å². The van der Waals surface area contributed by atoms with E-state index in [-0.39, 0.29) is 6.04 Å². The molecule has 25 heavy (non-hydrogen) atoms. The van der Waals surface area contributed by atoms with Crippen LogP contribution in [0.1, 0.15) is 20.8 Å². The summed E-state index contributed by atoms with van der Waals surface area (Å²) in [5, 5.41) is 9.28. The van der Waals surface area contributed by atoms with E-state index in [2.05, 4.69) is 20.8 Å². The van der Waals surface area contributed by atoms with E-state index in [1.54, 1.807) is 4.90 Å². The Labute approximate surface area is 155 Å². The van der Waals surface area contributed by atoms with Gasteiger partial charge in [0.1, 0.15) is 5.60 Å². The minimum Gasteiger partial charge on any atom is -0.465 e. The van der Waals surface area contributed by atoms with Gasteiger partial charge < -0.3 is 19.6 Å². The Balaban J connectivity index is 1.95. The normalized spacial score (nSPS) is 20.0. The van der Waals surface area contributed by atoms with Gasteiger partial charge in [0, 0.05) is 24.1 Å². The van der Waals surface area contributed by atoms with E-state index in [9.17, 15) is 14.7 Å². The SMILES string of the molecule is CC(C)(C)OC(=O)N1CC2CN(C(=O)O)CCN2c2ccc(Br)cc21. The molecule has 8 heteroatoms. The van der Waals surface area contributed by atoms with Gasteiger partial charge in [-0.3, -0.25) is 4.90 Å². The third kappa shape index (κ3) is 3.68. The second-order valence-corrected chi connectivity index (χ2v) is 8.22. The fourth-order valence-corrected chi connectivity index (χ4v) is 3.61. The summed E-state index contributed by atoms with van der Waals surface area (Å²) in [7, 11) is 0. The number of anilines is 2. The van der Waals surface area contributed by atoms with Crippen molar-refractivity contribution in [3.8, 4) is 0 Å². The van der Waals surface area contributed by atoms with Crippen molar-refractivity contribution >= 4 is 39.5 Å². The molecule has 2 heterocycles. The van der Waals surface area contributed by atoms with Gasteiger partial charge in [0.2, 0.25) is 0 Å². The van der Waals surface area contributed by atoms with E-state index in [1.165, 1.54) is 4.90 Å². The van der Waals surface area contributed by atoms with Crippen LogP contribution in [0, 0.1) is 0 Å². The number of ether oxygens (including phenoxy) is 1. The average Bonchev–Trinajstić information content (AvgIpc) is 2.51. The third-order valence-corrected chi connectivity index (χ3v) is 4.79. The van der Waals surface area contributed by atoms with Crippen molar-refractivity contribution in [1.82, 2.24) is 4.90 Å². The van der Waals surface area contributed by atoms with Gasteiger partial charge in [-0.2, -0.15) is 0 Å². The molecule has 1 aromatic carbocycles. The zero-order valence-electron chi connectivity index (χ0n) is 14.5. The number of piperazine rings is 1. The summed E-state index contributed by atoms with van der Waals surface area (Å²) in [5.74, 6) is 0. The molecule has 0 spiro atoms. The largest absolute Gasteiger partial charge is 0.465 e. The summed E-state index contributed by atoms with van der Waals surface area (Å²) in [6.07, 6.45) is -1.34. The number of nitrogens with zero attached hydrogens (tertiary/aromatic N) is 3. The lowest BCUT2D eigenvalue weighted by Crippen LogP contribution is -2.61. The van der Waals surface area contributed by atoms with Crippen LogP contribution >= 0.6 is 15.9 Å². The van der Waals surface area contributed by atoms with Gasteiger partial charge in [-0.05, 0) is 39.0 Å². The lowest BCUT2D eigenvalue weighted by atomic mass is 10.0. The summed E-state index contributed by atoms with van der Waals surface area (Å²) in [5.41, 5.74) is 1.11. The van der Waals surface area contributed by atoms with E-state index in [1.807, 2.05) is 39.0 Å². The Kier molecular flexibility index (Phi) is 4.57. The topological polar surface area (TPSA) is 73.3 Å². The number of rotatable bonds is 0. The second kappa shape index (κ2) is 6.40. The number of hydrogen-bond acceptors (Lipinski definition) is 4. The maximum Gasteiger partial charge on any atom is 0.414 e. The fourth-order valence-electron chi connectivity index (χ4n) is 3.26. The number of hydrogen-bond donors (Lipinski definition) is 1. The molecule has 2 amide bonds. The van der Waals surface area contributed by atoms with Crippen LogP contribution in [0.25, 0.3) is 0 Å². The molecule has 1 unspecified atom stereocenters. The van der Waals surface area contributed by atoms with Crippen LogP contribution in [0.2, 0.25) is 0 Å². The summed E-state index contributed by atoms with van der Waals surface area (Å²) in [4.78, 5) is 29.2. The van der Waals surface area contributed by atoms with Gasteiger partial charge in [0.15, 0.2) is 0 Å². The number of benzene rings is 1. The molecule has 0 saturated carbocycles. The van der Waals surface area contributed by atoms with Crippen LogP contribution in [0.3, 0.4) is 0 Å². The van der Waals surface area contributed by atoms with Gasteiger partial charge in [-0.25, -0.2) is 9.59 Å². The molecule has 2 aliphatic heterocycles. The predicted molar refractivity (Wildman–Crippen MR) is 98.5 cm³/mol. The Morgan fingerprint density at radius 3 is 2.56 bits per heavy atom. The Bertz CT molecular complexity index is 704. The van der Waals surface area contributed by atoms with Gasteiger partial charge in [-0.1, -0.05) is 15.9 Å². The molecule has 0 aromatic heterocycles. The highest BCUT2D eigenvalue weighted by Crippen LogP contribution is 2.39. The smallest absolute Gasteiger partial charge is 0.414 e. The number of halogens is 1. The van der Waals surface area contributed by atoms with E-state index in [0.29, 0.717) is 26.2 Å². The van der Waals surface area contributed by atoms with Crippen molar-refractivity contribution in [2.45, 2.75) is 32.4 Å². The molecular weight excluding hydrogens is 390 g/mol. The zero-order chi connectivity index (χ0) is 18.4. The monoisotopic (exact) mass is 411 g/mol. The van der Waals surface area contributed by atoms with Crippen LogP contribution in [0.15, 0.2) is 22.7 Å². The van der Waals surface area contributed by atoms with E-state index < -0.39 is 17.8 Å². The first kappa shape index (κ1) is 17.8. The first-order valence-electron chi connectivity index (χ1n) is 8.20. The van der Waals surface area contributed by atoms with E-state index in [0.717, 1.165) is 15.8 Å². The molecule has 0 radical (unpaired) electrons. The molecule has 1 atom stereocenters. The van der Waals surface area contributed by atoms with Gasteiger partial charge in [-0.15, -0.1) is 0 Å². The zero-order valence-corrected chi connectivity index (χ0v) is 16.1. The minimum atomic E-state index is -0.926. The lowest BCUT2D eigenvalue weighted by Gasteiger charge is -2.48. The minimum absolute atomic E-state index is 0.0916. The summed E-state index contributed by atoms with van der Waals surface area (Å²) in [6, 6.07) is 5.70. The van der Waals surface area contributed by atoms with E-state index in [4.69, 9.17) is 4.74 Å². The number of carbonyl (C=O) groups is 2. The Morgan fingerprint density at radius 2 is 1.92 bits per heavy atom. The van der Waals surface area contributed by atoms with Gasteiger partial charge in [0.25, 0.3) is 0 Å². The molecule has 1 N–H and O–H groups in total. The van der Waals surface area contributed by atoms with Crippen LogP contribution in [-0.2, 0) is 4.74 Å². The highest BCUT2D eigenvalue weighted by Gasteiger charge is 2.39. The molecule has 0 bridgehead atoms. The van der Waals surface area contributed by atoms with Crippen LogP contribution in [0.4, 0.5) is 21.0 Å². The molecule has 1 saturated heterocycles. The first-order chi connectivity index (χ1) is 11.7. The number of amides is 2. The highest BCUT2D eigenvalue weighted by atomic mass is 79.9. The number of carbonyl (C=O) groups excluding carboxylic acids is 1. The van der Waals surface area contributed by atoms with Crippen LogP contribution in [0.5, 0.6) is 0 Å². The fraction of sp³-hybridized carbons (Fsp3) is 0.529. The average molecular weight is 412 g/mol. The molecule has 7 nitrogen and oxygen atoms in total. The quantitative estimate of drug-likeness (QED) is 0.708. The maximum absolute atomic E-state index is 12.7. The molecule has 1 aromatic rings. The van der Waals surface area contributed by atoms with Gasteiger partial charge >= 0.3 is 12.2 Å². The number of fused-ring (bicyclic) bond motifs is 3. The molecule has 136 valence electrons. The van der Waals surface area contributed by atoms with Gasteiger partial charge in [0.05, 0.1) is 24.0 Å². The van der Waals surface area contributed by atoms with E-state index >= 15 is 0 Å². The van der Waals surface area contributed by atoms with Crippen LogP contribution < -0.4 is 9.80 Å². The number of carboxylic acid groups (broad SMARTS) is 1. The van der Waals surface area contributed by atoms with Crippen molar-refractivity contribution < 1.29 is 19.4 Å². The Morgan fingerprint density at radius 1 is 1.20 bits per heavy atom. The molecular formula is C17H22BrN3O4. The van der Waals surface area contributed by atoms with Crippen LogP contribution in [-0.4, -0.2) is 60.0 Å². The molecule has 3 rings (SSSR count). The standard InChI is InChI=1S/C17H22BrN3O4/c1-17(2,3)25-16(24)21-10-12-9-19(15(22)23)6-7-20(12)13-5-4-11(18)8-14(13)21/h4-5,8,12H,6-7,9-10H2,1-3H3,(H,22,23). The highest BCUT2D eigenvalue weighted by molar-refractivity contribution is 9.10. The van der Waals surface area contributed by atoms with Crippen molar-refractivity contribution in [3.63, 3.8) is 0 Å². The van der Waals surface area contributed by atoms with Crippen molar-refractivity contribution in [2.75, 3.05) is 36.0 Å². The summed E-state index contributed by atoms with van der Waals surface area (Å²) < 4.78 is 6.43. The van der Waals surface area contributed by atoms with Crippen molar-refractivity contribution in [1.29, 1.82) is 0 Å². The third-order valence-electron chi connectivity index (χ3n) is 4.30. The summed E-state index contributed by atoms with van der Waals surface area (Å²) >= 11 is 3.46. The Hall–Kier alpha value is -1.96. The maximum atomic E-state index is 12.7. The second-order valence-electron chi connectivity index (χ2n) is 7.30. The summed E-state index contributed by atoms with van der Waals surface area (Å²) in [6.45, 7) is 7.30. The predicted octanol–water partition coefficient (Wildman–Crippen LogP) is 3.37. The first-order valence-corrected chi connectivity index (χ1v) is 8.99. The molecule has 0 aliphatic carbocycles. The molecule has 2 aliphatic rings. The molecule has 1 fully saturated rings.